The molecule has 0 saturated carbocycles. The van der Waals surface area contributed by atoms with E-state index in [1.807, 2.05) is 0 Å². The van der Waals surface area contributed by atoms with Gasteiger partial charge >= 0.3 is 0 Å². The highest BCUT2D eigenvalue weighted by molar-refractivity contribution is 7.99. The number of rotatable bonds is 7. The number of benzene rings is 1. The van der Waals surface area contributed by atoms with E-state index in [4.69, 9.17) is 0 Å². The van der Waals surface area contributed by atoms with Crippen molar-refractivity contribution in [1.29, 1.82) is 0 Å². The summed E-state index contributed by atoms with van der Waals surface area (Å²) in [6, 6.07) is 8.76. The maximum atomic E-state index is 3.67. The van der Waals surface area contributed by atoms with Crippen molar-refractivity contribution in [2.24, 2.45) is 5.92 Å². The van der Waals surface area contributed by atoms with Gasteiger partial charge in [0.05, 0.1) is 0 Å². The zero-order chi connectivity index (χ0) is 13.5. The van der Waals surface area contributed by atoms with Crippen LogP contribution in [0.1, 0.15) is 25.8 Å². The van der Waals surface area contributed by atoms with Crippen LogP contribution in [0, 0.1) is 5.92 Å². The molecule has 0 amide bonds. The van der Waals surface area contributed by atoms with Crippen molar-refractivity contribution < 1.29 is 0 Å². The Morgan fingerprint density at radius 3 is 2.74 bits per heavy atom. The molecular formula is C16H26N2S. The number of hydrogen-bond acceptors (Lipinski definition) is 3. The van der Waals surface area contributed by atoms with Crippen LogP contribution in [-0.2, 0) is 6.54 Å². The van der Waals surface area contributed by atoms with E-state index in [2.05, 4.69) is 60.1 Å². The van der Waals surface area contributed by atoms with Gasteiger partial charge in [0, 0.05) is 18.8 Å². The van der Waals surface area contributed by atoms with Crippen LogP contribution in [0.5, 0.6) is 0 Å². The normalized spacial score (nSPS) is 19.0. The van der Waals surface area contributed by atoms with Crippen molar-refractivity contribution in [3.63, 3.8) is 0 Å². The third-order valence-corrected chi connectivity index (χ3v) is 5.14. The molecule has 0 aromatic heterocycles. The lowest BCUT2D eigenvalue weighted by Crippen LogP contribution is -2.23. The lowest BCUT2D eigenvalue weighted by Gasteiger charge is -2.21. The van der Waals surface area contributed by atoms with E-state index in [0.717, 1.165) is 32.1 Å². The highest BCUT2D eigenvalue weighted by atomic mass is 32.2. The maximum Gasteiger partial charge on any atom is 0.0385 e. The Kier molecular flexibility index (Phi) is 6.05. The van der Waals surface area contributed by atoms with Gasteiger partial charge in [0.1, 0.15) is 0 Å². The van der Waals surface area contributed by atoms with Crippen LogP contribution < -0.4 is 5.32 Å². The van der Waals surface area contributed by atoms with Crippen LogP contribution in [-0.4, -0.2) is 36.0 Å². The second-order valence-corrected chi connectivity index (χ2v) is 6.38. The summed E-state index contributed by atoms with van der Waals surface area (Å²) in [4.78, 5) is 2.46. The zero-order valence-corrected chi connectivity index (χ0v) is 13.0. The summed E-state index contributed by atoms with van der Waals surface area (Å²) < 4.78 is 0. The van der Waals surface area contributed by atoms with E-state index in [1.54, 1.807) is 0 Å². The van der Waals surface area contributed by atoms with E-state index in [9.17, 15) is 0 Å². The molecule has 1 heterocycles. The van der Waals surface area contributed by atoms with Gasteiger partial charge in [0.2, 0.25) is 0 Å². The number of thioether (sulfide) groups is 1. The summed E-state index contributed by atoms with van der Waals surface area (Å²) in [5.41, 5.74) is 2.75. The first-order valence-corrected chi connectivity index (χ1v) is 8.60. The van der Waals surface area contributed by atoms with Crippen molar-refractivity contribution in [3.05, 3.63) is 29.8 Å². The van der Waals surface area contributed by atoms with Crippen molar-refractivity contribution in [2.45, 2.75) is 26.8 Å². The summed E-state index contributed by atoms with van der Waals surface area (Å²) in [6.45, 7) is 8.87. The molecule has 3 heteroatoms. The van der Waals surface area contributed by atoms with Crippen molar-refractivity contribution in [2.75, 3.05) is 36.5 Å². The van der Waals surface area contributed by atoms with Crippen LogP contribution in [0.2, 0.25) is 0 Å². The Balaban J connectivity index is 1.94. The summed E-state index contributed by atoms with van der Waals surface area (Å²) in [5, 5.41) is 3.67. The highest BCUT2D eigenvalue weighted by Gasteiger charge is 2.15. The standard InChI is InChI=1S/C16H26N2S/c1-3-18(4-2)12-15-7-5-6-8-16(15)17-11-14-9-10-19-13-14/h5-8,14,17H,3-4,9-13H2,1-2H3. The number of nitrogens with one attached hydrogen (secondary N) is 1. The Bertz CT molecular complexity index is 371. The molecule has 0 bridgehead atoms. The number of para-hydroxylation sites is 1. The van der Waals surface area contributed by atoms with Crippen LogP contribution in [0.4, 0.5) is 5.69 Å². The van der Waals surface area contributed by atoms with Gasteiger partial charge < -0.3 is 5.32 Å². The highest BCUT2D eigenvalue weighted by Crippen LogP contribution is 2.24. The molecule has 1 atom stereocenters. The largest absolute Gasteiger partial charge is 0.384 e. The monoisotopic (exact) mass is 278 g/mol. The molecule has 0 spiro atoms. The molecule has 1 aliphatic rings. The predicted octanol–water partition coefficient (Wildman–Crippen LogP) is 3.69. The molecular weight excluding hydrogens is 252 g/mol. The molecule has 1 aliphatic heterocycles. The smallest absolute Gasteiger partial charge is 0.0385 e. The predicted molar refractivity (Wildman–Crippen MR) is 87.0 cm³/mol. The van der Waals surface area contributed by atoms with Gasteiger partial charge in [0.15, 0.2) is 0 Å². The first kappa shape index (κ1) is 14.7. The van der Waals surface area contributed by atoms with Crippen LogP contribution >= 0.6 is 11.8 Å². The van der Waals surface area contributed by atoms with Gasteiger partial charge in [-0.05, 0) is 48.6 Å². The fraction of sp³-hybridized carbons (Fsp3) is 0.625. The number of anilines is 1. The molecule has 19 heavy (non-hydrogen) atoms. The molecule has 0 aliphatic carbocycles. The van der Waals surface area contributed by atoms with Crippen molar-refractivity contribution >= 4 is 17.4 Å². The molecule has 0 radical (unpaired) electrons. The van der Waals surface area contributed by atoms with Crippen LogP contribution in [0.25, 0.3) is 0 Å². The average molecular weight is 278 g/mol. The molecule has 1 unspecified atom stereocenters. The molecule has 2 rings (SSSR count). The molecule has 1 aromatic carbocycles. The Hall–Kier alpha value is -0.670. The van der Waals surface area contributed by atoms with E-state index >= 15 is 0 Å². The molecule has 1 N–H and O–H groups in total. The summed E-state index contributed by atoms with van der Waals surface area (Å²) in [5.74, 6) is 3.52. The van der Waals surface area contributed by atoms with Crippen LogP contribution in [0.3, 0.4) is 0 Å². The minimum absolute atomic E-state index is 0.853. The molecule has 1 saturated heterocycles. The Labute approximate surface area is 122 Å². The zero-order valence-electron chi connectivity index (χ0n) is 12.2. The fourth-order valence-corrected chi connectivity index (χ4v) is 3.80. The summed E-state index contributed by atoms with van der Waals surface area (Å²) >= 11 is 2.09. The molecule has 106 valence electrons. The topological polar surface area (TPSA) is 15.3 Å². The third-order valence-electron chi connectivity index (χ3n) is 3.91. The summed E-state index contributed by atoms with van der Waals surface area (Å²) in [6.07, 6.45) is 1.37. The molecule has 1 fully saturated rings. The Morgan fingerprint density at radius 2 is 2.05 bits per heavy atom. The minimum Gasteiger partial charge on any atom is -0.384 e. The van der Waals surface area contributed by atoms with Gasteiger partial charge in [0.25, 0.3) is 0 Å². The molecule has 1 aromatic rings. The average Bonchev–Trinajstić information content (AvgIpc) is 2.97. The second-order valence-electron chi connectivity index (χ2n) is 5.23. The Morgan fingerprint density at radius 1 is 1.26 bits per heavy atom. The van der Waals surface area contributed by atoms with Gasteiger partial charge in [-0.3, -0.25) is 4.90 Å². The first-order valence-electron chi connectivity index (χ1n) is 7.45. The number of nitrogens with zero attached hydrogens (tertiary/aromatic N) is 1. The quantitative estimate of drug-likeness (QED) is 0.819. The van der Waals surface area contributed by atoms with E-state index in [0.29, 0.717) is 0 Å². The van der Waals surface area contributed by atoms with Crippen molar-refractivity contribution in [3.8, 4) is 0 Å². The van der Waals surface area contributed by atoms with E-state index < -0.39 is 0 Å². The van der Waals surface area contributed by atoms with Crippen LogP contribution in [0.15, 0.2) is 24.3 Å². The third kappa shape index (κ3) is 4.43. The van der Waals surface area contributed by atoms with Gasteiger partial charge in [-0.25, -0.2) is 0 Å². The lowest BCUT2D eigenvalue weighted by atomic mass is 10.1. The van der Waals surface area contributed by atoms with E-state index in [-0.39, 0.29) is 0 Å². The van der Waals surface area contributed by atoms with Gasteiger partial charge in [-0.15, -0.1) is 0 Å². The van der Waals surface area contributed by atoms with Gasteiger partial charge in [-0.1, -0.05) is 32.0 Å². The minimum atomic E-state index is 0.853. The SMILES string of the molecule is CCN(CC)Cc1ccccc1NCC1CCSC1. The van der Waals surface area contributed by atoms with Gasteiger partial charge in [-0.2, -0.15) is 11.8 Å². The summed E-state index contributed by atoms with van der Waals surface area (Å²) in [7, 11) is 0. The maximum absolute atomic E-state index is 3.67. The second kappa shape index (κ2) is 7.81. The molecule has 2 nitrogen and oxygen atoms in total. The number of hydrogen-bond donors (Lipinski definition) is 1. The first-order chi connectivity index (χ1) is 9.33. The van der Waals surface area contributed by atoms with E-state index in [1.165, 1.54) is 29.2 Å². The fourth-order valence-electron chi connectivity index (χ4n) is 2.52. The van der Waals surface area contributed by atoms with Crippen molar-refractivity contribution in [1.82, 2.24) is 4.90 Å². The lowest BCUT2D eigenvalue weighted by molar-refractivity contribution is 0.296.